The van der Waals surface area contributed by atoms with E-state index in [2.05, 4.69) is 12.2 Å². The zero-order valence-electron chi connectivity index (χ0n) is 15.0. The molecule has 6 heteroatoms. The Kier molecular flexibility index (Phi) is 5.52. The number of carbonyl (C=O) groups is 3. The molecule has 0 spiro atoms. The molecular formula is C20H22N2O3S. The molecule has 1 N–H and O–H groups in total. The van der Waals surface area contributed by atoms with Crippen LogP contribution in [0, 0.1) is 0 Å². The van der Waals surface area contributed by atoms with Crippen LogP contribution in [-0.4, -0.2) is 35.1 Å². The number of hydrogen-bond donors (Lipinski definition) is 1. The van der Waals surface area contributed by atoms with Crippen LogP contribution in [0.15, 0.2) is 36.4 Å². The van der Waals surface area contributed by atoms with Crippen LogP contribution in [0.4, 0.5) is 5.69 Å². The average molecular weight is 370 g/mol. The van der Waals surface area contributed by atoms with Gasteiger partial charge in [0.25, 0.3) is 11.8 Å². The highest BCUT2D eigenvalue weighted by Crippen LogP contribution is 2.25. The maximum absolute atomic E-state index is 13.0. The van der Waals surface area contributed by atoms with Gasteiger partial charge in [-0.15, -0.1) is 11.3 Å². The first-order valence-corrected chi connectivity index (χ1v) is 9.61. The summed E-state index contributed by atoms with van der Waals surface area (Å²) >= 11 is 1.15. The molecule has 1 aliphatic rings. The molecule has 136 valence electrons. The van der Waals surface area contributed by atoms with Crippen molar-refractivity contribution in [3.63, 3.8) is 0 Å². The number of hydrogen-bond acceptors (Lipinski definition) is 4. The Balaban J connectivity index is 1.81. The van der Waals surface area contributed by atoms with E-state index in [0.29, 0.717) is 21.0 Å². The van der Waals surface area contributed by atoms with Gasteiger partial charge in [0.1, 0.15) is 0 Å². The lowest BCUT2D eigenvalue weighted by molar-refractivity contribution is 0.0636. The summed E-state index contributed by atoms with van der Waals surface area (Å²) in [4.78, 5) is 39.8. The van der Waals surface area contributed by atoms with Gasteiger partial charge in [-0.25, -0.2) is 0 Å². The molecule has 1 fully saturated rings. The Labute approximate surface area is 157 Å². The number of thiophene rings is 1. The van der Waals surface area contributed by atoms with Crippen molar-refractivity contribution >= 4 is 34.6 Å². The number of carbonyl (C=O) groups excluding carboxylic acids is 3. The van der Waals surface area contributed by atoms with Gasteiger partial charge < -0.3 is 10.2 Å². The van der Waals surface area contributed by atoms with E-state index in [1.165, 1.54) is 6.92 Å². The van der Waals surface area contributed by atoms with Gasteiger partial charge in [0, 0.05) is 12.6 Å². The first-order chi connectivity index (χ1) is 12.5. The fourth-order valence-corrected chi connectivity index (χ4v) is 3.96. The standard InChI is InChI=1S/C20H22N2O3S/c1-13-7-5-6-12-22(13)20(25)15-8-3-4-9-16(15)21-19(24)18-11-10-17(26-18)14(2)23/h3-4,8-11,13H,5-7,12H2,1-2H3,(H,21,24). The number of para-hydroxylation sites is 1. The van der Waals surface area contributed by atoms with Crippen molar-refractivity contribution in [1.29, 1.82) is 0 Å². The molecule has 1 atom stereocenters. The third kappa shape index (κ3) is 3.85. The predicted octanol–water partition coefficient (Wildman–Crippen LogP) is 4.22. The molecule has 0 aliphatic carbocycles. The van der Waals surface area contributed by atoms with Crippen LogP contribution in [-0.2, 0) is 0 Å². The third-order valence-corrected chi connectivity index (χ3v) is 5.83. The monoisotopic (exact) mass is 370 g/mol. The summed E-state index contributed by atoms with van der Waals surface area (Å²) in [6, 6.07) is 10.6. The summed E-state index contributed by atoms with van der Waals surface area (Å²) in [7, 11) is 0. The number of benzene rings is 1. The third-order valence-electron chi connectivity index (χ3n) is 4.65. The van der Waals surface area contributed by atoms with Crippen LogP contribution in [0.3, 0.4) is 0 Å². The Morgan fingerprint density at radius 1 is 1.08 bits per heavy atom. The molecule has 0 radical (unpaired) electrons. The second-order valence-corrected chi connectivity index (χ2v) is 7.65. The first kappa shape index (κ1) is 18.3. The van der Waals surface area contributed by atoms with E-state index in [1.54, 1.807) is 36.4 Å². The highest BCUT2D eigenvalue weighted by molar-refractivity contribution is 7.16. The van der Waals surface area contributed by atoms with Crippen molar-refractivity contribution in [3.05, 3.63) is 51.7 Å². The fraction of sp³-hybridized carbons (Fsp3) is 0.350. The van der Waals surface area contributed by atoms with Crippen LogP contribution >= 0.6 is 11.3 Å². The minimum atomic E-state index is -0.311. The molecule has 5 nitrogen and oxygen atoms in total. The van der Waals surface area contributed by atoms with Crippen molar-refractivity contribution in [2.75, 3.05) is 11.9 Å². The number of amides is 2. The zero-order valence-corrected chi connectivity index (χ0v) is 15.8. The molecule has 1 aliphatic heterocycles. The van der Waals surface area contributed by atoms with Crippen molar-refractivity contribution in [3.8, 4) is 0 Å². The summed E-state index contributed by atoms with van der Waals surface area (Å²) in [6.45, 7) is 4.28. The number of Topliss-reactive ketones (excluding diaryl/α,β-unsaturated/α-hetero) is 1. The number of ketones is 1. The smallest absolute Gasteiger partial charge is 0.265 e. The van der Waals surface area contributed by atoms with Crippen LogP contribution in [0.1, 0.15) is 62.8 Å². The molecule has 26 heavy (non-hydrogen) atoms. The lowest BCUT2D eigenvalue weighted by Gasteiger charge is -2.33. The Bertz CT molecular complexity index is 843. The van der Waals surface area contributed by atoms with E-state index in [1.807, 2.05) is 4.90 Å². The van der Waals surface area contributed by atoms with Gasteiger partial charge in [-0.3, -0.25) is 14.4 Å². The Hall–Kier alpha value is -2.47. The van der Waals surface area contributed by atoms with Crippen molar-refractivity contribution in [1.82, 2.24) is 4.90 Å². The molecule has 2 amide bonds. The SMILES string of the molecule is CC(=O)c1ccc(C(=O)Nc2ccccc2C(=O)N2CCCCC2C)s1. The predicted molar refractivity (Wildman–Crippen MR) is 103 cm³/mol. The van der Waals surface area contributed by atoms with Crippen LogP contribution in [0.2, 0.25) is 0 Å². The van der Waals surface area contributed by atoms with Gasteiger partial charge >= 0.3 is 0 Å². The summed E-state index contributed by atoms with van der Waals surface area (Å²) in [5, 5.41) is 2.83. The highest BCUT2D eigenvalue weighted by Gasteiger charge is 2.26. The maximum atomic E-state index is 13.0. The number of nitrogens with one attached hydrogen (secondary N) is 1. The lowest BCUT2D eigenvalue weighted by Crippen LogP contribution is -2.42. The van der Waals surface area contributed by atoms with Crippen LogP contribution in [0.5, 0.6) is 0 Å². The van der Waals surface area contributed by atoms with E-state index in [4.69, 9.17) is 0 Å². The minimum absolute atomic E-state index is 0.0521. The van der Waals surface area contributed by atoms with Crippen LogP contribution in [0.25, 0.3) is 0 Å². The summed E-state index contributed by atoms with van der Waals surface area (Å²) < 4.78 is 0. The number of rotatable bonds is 4. The molecule has 0 bridgehead atoms. The van der Waals surface area contributed by atoms with Crippen molar-refractivity contribution in [2.45, 2.75) is 39.2 Å². The normalized spacial score (nSPS) is 17.0. The molecule has 0 saturated carbocycles. The quantitative estimate of drug-likeness (QED) is 0.820. The second-order valence-electron chi connectivity index (χ2n) is 6.56. The number of piperidine rings is 1. The molecule has 3 rings (SSSR count). The van der Waals surface area contributed by atoms with Gasteiger partial charge in [-0.1, -0.05) is 12.1 Å². The zero-order chi connectivity index (χ0) is 18.7. The van der Waals surface area contributed by atoms with E-state index in [0.717, 1.165) is 37.1 Å². The lowest BCUT2D eigenvalue weighted by atomic mass is 10.0. The summed E-state index contributed by atoms with van der Waals surface area (Å²) in [5.41, 5.74) is 0.996. The van der Waals surface area contributed by atoms with E-state index in [-0.39, 0.29) is 23.6 Å². The van der Waals surface area contributed by atoms with Gasteiger partial charge in [0.15, 0.2) is 5.78 Å². The Morgan fingerprint density at radius 3 is 2.50 bits per heavy atom. The molecule has 2 aromatic rings. The van der Waals surface area contributed by atoms with E-state index in [9.17, 15) is 14.4 Å². The Morgan fingerprint density at radius 2 is 1.81 bits per heavy atom. The molecule has 2 heterocycles. The van der Waals surface area contributed by atoms with Crippen LogP contribution < -0.4 is 5.32 Å². The molecule has 1 unspecified atom stereocenters. The second kappa shape index (κ2) is 7.83. The number of likely N-dealkylation sites (tertiary alicyclic amines) is 1. The summed E-state index contributed by atoms with van der Waals surface area (Å²) in [6.07, 6.45) is 3.15. The van der Waals surface area contributed by atoms with Crippen molar-refractivity contribution in [2.24, 2.45) is 0 Å². The topological polar surface area (TPSA) is 66.5 Å². The van der Waals surface area contributed by atoms with E-state index < -0.39 is 0 Å². The first-order valence-electron chi connectivity index (χ1n) is 8.79. The molecule has 1 aromatic carbocycles. The van der Waals surface area contributed by atoms with E-state index >= 15 is 0 Å². The molecular weight excluding hydrogens is 348 g/mol. The number of nitrogens with zero attached hydrogens (tertiary/aromatic N) is 1. The van der Waals surface area contributed by atoms with Gasteiger partial charge in [-0.05, 0) is 57.4 Å². The summed E-state index contributed by atoms with van der Waals surface area (Å²) in [5.74, 6) is -0.429. The van der Waals surface area contributed by atoms with Gasteiger partial charge in [0.2, 0.25) is 0 Å². The molecule has 1 aromatic heterocycles. The highest BCUT2D eigenvalue weighted by atomic mass is 32.1. The molecule has 1 saturated heterocycles. The van der Waals surface area contributed by atoms with Gasteiger partial charge in [0.05, 0.1) is 21.0 Å². The number of anilines is 1. The average Bonchev–Trinajstić information content (AvgIpc) is 3.13. The van der Waals surface area contributed by atoms with Gasteiger partial charge in [-0.2, -0.15) is 0 Å². The minimum Gasteiger partial charge on any atom is -0.336 e. The largest absolute Gasteiger partial charge is 0.336 e. The fourth-order valence-electron chi connectivity index (χ4n) is 3.17. The maximum Gasteiger partial charge on any atom is 0.265 e. The van der Waals surface area contributed by atoms with Crippen molar-refractivity contribution < 1.29 is 14.4 Å².